The Bertz CT molecular complexity index is 396. The van der Waals surface area contributed by atoms with Crippen molar-refractivity contribution >= 4 is 23.7 Å². The van der Waals surface area contributed by atoms with Gasteiger partial charge in [0.2, 0.25) is 0 Å². The number of aliphatic hydroxyl groups is 1. The van der Waals surface area contributed by atoms with Crippen LogP contribution >= 0.6 is 11.6 Å². The van der Waals surface area contributed by atoms with Gasteiger partial charge in [0.15, 0.2) is 6.29 Å². The maximum atomic E-state index is 10.9. The number of carbonyl (C=O) groups is 1. The molecule has 0 fully saturated rings. The van der Waals surface area contributed by atoms with Crippen LogP contribution in [0.25, 0.3) is 0 Å². The Labute approximate surface area is 105 Å². The number of aromatic nitrogens is 2. The highest BCUT2D eigenvalue weighted by molar-refractivity contribution is 6.32. The molecule has 0 saturated carbocycles. The highest BCUT2D eigenvalue weighted by Gasteiger charge is 2.18. The molecule has 17 heavy (non-hydrogen) atoms. The van der Waals surface area contributed by atoms with Crippen LogP contribution in [-0.4, -0.2) is 34.5 Å². The summed E-state index contributed by atoms with van der Waals surface area (Å²) < 4.78 is 0. The fraction of sp³-hybridized carbons (Fsp3) is 0.545. The molecule has 94 valence electrons. The van der Waals surface area contributed by atoms with E-state index in [9.17, 15) is 4.79 Å². The topological polar surface area (TPSA) is 75.1 Å². The van der Waals surface area contributed by atoms with E-state index in [1.54, 1.807) is 0 Å². The molecule has 0 atom stereocenters. The number of carbonyl (C=O) groups excluding carboxylic acids is 1. The van der Waals surface area contributed by atoms with Gasteiger partial charge >= 0.3 is 0 Å². The molecule has 5 nitrogen and oxygen atoms in total. The van der Waals surface area contributed by atoms with Gasteiger partial charge in [0.1, 0.15) is 17.3 Å². The van der Waals surface area contributed by atoms with E-state index in [0.717, 1.165) is 0 Å². The zero-order chi connectivity index (χ0) is 12.9. The number of aldehydes is 1. The molecule has 0 saturated heterocycles. The molecule has 0 aliphatic carbocycles. The molecule has 0 aromatic carbocycles. The van der Waals surface area contributed by atoms with Crippen LogP contribution in [0, 0.1) is 5.41 Å². The van der Waals surface area contributed by atoms with Crippen molar-refractivity contribution < 1.29 is 9.90 Å². The smallest absolute Gasteiger partial charge is 0.156 e. The lowest BCUT2D eigenvalue weighted by atomic mass is 9.90. The summed E-state index contributed by atoms with van der Waals surface area (Å²) in [6.45, 7) is 4.74. The minimum absolute atomic E-state index is 0.0909. The molecule has 0 radical (unpaired) electrons. The van der Waals surface area contributed by atoms with E-state index in [2.05, 4.69) is 15.3 Å². The number of aliphatic hydroxyl groups excluding tert-OH is 1. The Morgan fingerprint density at radius 3 is 2.82 bits per heavy atom. The van der Waals surface area contributed by atoms with Gasteiger partial charge in [0.05, 0.1) is 5.56 Å². The first kappa shape index (κ1) is 13.9. The number of hydrogen-bond acceptors (Lipinski definition) is 5. The van der Waals surface area contributed by atoms with Gasteiger partial charge in [-0.1, -0.05) is 25.4 Å². The molecule has 2 N–H and O–H groups in total. The molecule has 0 spiro atoms. The van der Waals surface area contributed by atoms with Gasteiger partial charge in [0.25, 0.3) is 0 Å². The van der Waals surface area contributed by atoms with Crippen LogP contribution in [0.2, 0.25) is 5.15 Å². The minimum atomic E-state index is -0.0909. The van der Waals surface area contributed by atoms with Crippen LogP contribution in [0.5, 0.6) is 0 Å². The first-order valence-electron chi connectivity index (χ1n) is 5.30. The normalized spacial score (nSPS) is 11.3. The van der Waals surface area contributed by atoms with Crippen molar-refractivity contribution in [2.45, 2.75) is 20.3 Å². The molecule has 0 aliphatic heterocycles. The van der Waals surface area contributed by atoms with E-state index >= 15 is 0 Å². The van der Waals surface area contributed by atoms with Crippen molar-refractivity contribution in [2.75, 3.05) is 18.5 Å². The molecule has 6 heteroatoms. The number of hydrogen-bond donors (Lipinski definition) is 2. The second-order valence-corrected chi connectivity index (χ2v) is 4.89. The average Bonchev–Trinajstić information content (AvgIpc) is 2.26. The van der Waals surface area contributed by atoms with Crippen LogP contribution in [0.1, 0.15) is 30.6 Å². The Morgan fingerprint density at radius 2 is 2.24 bits per heavy atom. The molecule has 0 unspecified atom stereocenters. The van der Waals surface area contributed by atoms with Crippen LogP contribution in [0.4, 0.5) is 5.82 Å². The number of halogens is 1. The first-order chi connectivity index (χ1) is 8.00. The first-order valence-corrected chi connectivity index (χ1v) is 5.68. The molecule has 0 aliphatic rings. The number of nitrogens with one attached hydrogen (secondary N) is 1. The van der Waals surface area contributed by atoms with Crippen molar-refractivity contribution in [3.63, 3.8) is 0 Å². The van der Waals surface area contributed by atoms with E-state index in [4.69, 9.17) is 16.7 Å². The lowest BCUT2D eigenvalue weighted by Crippen LogP contribution is -2.25. The monoisotopic (exact) mass is 257 g/mol. The van der Waals surface area contributed by atoms with Gasteiger partial charge in [-0.25, -0.2) is 9.97 Å². The van der Waals surface area contributed by atoms with Crippen molar-refractivity contribution in [3.05, 3.63) is 17.0 Å². The number of anilines is 1. The molecule has 0 bridgehead atoms. The molecule has 0 amide bonds. The van der Waals surface area contributed by atoms with Gasteiger partial charge in [-0.05, 0) is 11.8 Å². The van der Waals surface area contributed by atoms with E-state index in [0.29, 0.717) is 25.1 Å². The predicted molar refractivity (Wildman–Crippen MR) is 66.4 cm³/mol. The molecule has 1 heterocycles. The minimum Gasteiger partial charge on any atom is -0.396 e. The summed E-state index contributed by atoms with van der Waals surface area (Å²) in [6.07, 6.45) is 2.59. The quantitative estimate of drug-likeness (QED) is 0.600. The molecular weight excluding hydrogens is 242 g/mol. The zero-order valence-corrected chi connectivity index (χ0v) is 10.7. The Morgan fingerprint density at radius 1 is 1.53 bits per heavy atom. The van der Waals surface area contributed by atoms with Crippen LogP contribution in [-0.2, 0) is 0 Å². The van der Waals surface area contributed by atoms with Gasteiger partial charge in [-0.3, -0.25) is 4.79 Å². The van der Waals surface area contributed by atoms with Gasteiger partial charge < -0.3 is 10.4 Å². The summed E-state index contributed by atoms with van der Waals surface area (Å²) in [5.41, 5.74) is 0.167. The van der Waals surface area contributed by atoms with Crippen LogP contribution < -0.4 is 5.32 Å². The van der Waals surface area contributed by atoms with Crippen LogP contribution in [0.3, 0.4) is 0 Å². The van der Waals surface area contributed by atoms with E-state index in [-0.39, 0.29) is 22.7 Å². The van der Waals surface area contributed by atoms with Crippen LogP contribution in [0.15, 0.2) is 6.33 Å². The average molecular weight is 258 g/mol. The Kier molecular flexibility index (Phi) is 4.84. The maximum absolute atomic E-state index is 10.9. The van der Waals surface area contributed by atoms with Crippen molar-refractivity contribution in [2.24, 2.45) is 5.41 Å². The summed E-state index contributed by atoms with van der Waals surface area (Å²) in [5, 5.41) is 12.1. The zero-order valence-electron chi connectivity index (χ0n) is 9.90. The van der Waals surface area contributed by atoms with Crippen molar-refractivity contribution in [1.29, 1.82) is 0 Å². The summed E-state index contributed by atoms with van der Waals surface area (Å²) in [5.74, 6) is 0.422. The largest absolute Gasteiger partial charge is 0.396 e. The number of nitrogens with zero attached hydrogens (tertiary/aromatic N) is 2. The van der Waals surface area contributed by atoms with Gasteiger partial charge in [0, 0.05) is 13.2 Å². The molecule has 1 rings (SSSR count). The molecular formula is C11H16ClN3O2. The maximum Gasteiger partial charge on any atom is 0.156 e. The van der Waals surface area contributed by atoms with E-state index in [1.165, 1.54) is 6.33 Å². The lowest BCUT2D eigenvalue weighted by molar-refractivity contribution is 0.112. The van der Waals surface area contributed by atoms with E-state index in [1.807, 2.05) is 13.8 Å². The summed E-state index contributed by atoms with van der Waals surface area (Å²) in [4.78, 5) is 18.6. The van der Waals surface area contributed by atoms with Crippen molar-refractivity contribution in [1.82, 2.24) is 9.97 Å². The third-order valence-electron chi connectivity index (χ3n) is 2.48. The lowest BCUT2D eigenvalue weighted by Gasteiger charge is -2.24. The second kappa shape index (κ2) is 5.93. The Balaban J connectivity index is 2.76. The summed E-state index contributed by atoms with van der Waals surface area (Å²) >= 11 is 5.78. The fourth-order valence-corrected chi connectivity index (χ4v) is 1.51. The van der Waals surface area contributed by atoms with Gasteiger partial charge in [-0.2, -0.15) is 0 Å². The fourth-order valence-electron chi connectivity index (χ4n) is 1.33. The Hall–Kier alpha value is -1.20. The van der Waals surface area contributed by atoms with E-state index < -0.39 is 0 Å². The SMILES string of the molecule is CC(C)(CCO)CNc1ncnc(Cl)c1C=O. The van der Waals surface area contributed by atoms with Crippen molar-refractivity contribution in [3.8, 4) is 0 Å². The number of rotatable bonds is 6. The summed E-state index contributed by atoms with van der Waals surface area (Å²) in [6, 6.07) is 0. The second-order valence-electron chi connectivity index (χ2n) is 4.54. The molecule has 1 aromatic heterocycles. The van der Waals surface area contributed by atoms with Gasteiger partial charge in [-0.15, -0.1) is 0 Å². The highest BCUT2D eigenvalue weighted by Crippen LogP contribution is 2.22. The molecule has 1 aromatic rings. The third-order valence-corrected chi connectivity index (χ3v) is 2.78. The predicted octanol–water partition coefficient (Wildman–Crippen LogP) is 1.76. The highest BCUT2D eigenvalue weighted by atomic mass is 35.5. The third kappa shape index (κ3) is 3.94. The standard InChI is InChI=1S/C11H16ClN3O2/c1-11(2,3-4-16)6-13-10-8(5-17)9(12)14-7-15-10/h5,7,16H,3-4,6H2,1-2H3,(H,13,14,15). The summed E-state index contributed by atoms with van der Waals surface area (Å²) in [7, 11) is 0.